The largest absolute Gasteiger partial charge is 0.315 e. The molecule has 0 radical (unpaired) electrons. The molecular weight excluding hydrogens is 186 g/mol. The zero-order chi connectivity index (χ0) is 9.90. The van der Waals surface area contributed by atoms with Crippen LogP contribution in [0.4, 0.5) is 0 Å². The van der Waals surface area contributed by atoms with Crippen molar-refractivity contribution in [2.75, 3.05) is 6.26 Å². The number of hydrogen-bond acceptors (Lipinski definition) is 3. The molecule has 0 heterocycles. The van der Waals surface area contributed by atoms with Crippen LogP contribution in [0, 0.1) is 0 Å². The van der Waals surface area contributed by atoms with Crippen molar-refractivity contribution in [3.8, 4) is 0 Å². The highest BCUT2D eigenvalue weighted by molar-refractivity contribution is 7.91. The Hall–Kier alpha value is -0.870. The quantitative estimate of drug-likeness (QED) is 0.773. The van der Waals surface area contributed by atoms with Crippen LogP contribution in [0.3, 0.4) is 0 Å². The first-order chi connectivity index (χ1) is 6.00. The Morgan fingerprint density at radius 3 is 2.31 bits per heavy atom. The maximum absolute atomic E-state index is 11.0. The van der Waals surface area contributed by atoms with Crippen molar-refractivity contribution in [1.29, 1.82) is 0 Å². The molecule has 13 heavy (non-hydrogen) atoms. The van der Waals surface area contributed by atoms with E-state index in [9.17, 15) is 8.42 Å². The van der Waals surface area contributed by atoms with Gasteiger partial charge >= 0.3 is 0 Å². The second kappa shape index (κ2) is 3.89. The van der Waals surface area contributed by atoms with E-state index in [1.807, 2.05) is 30.3 Å². The van der Waals surface area contributed by atoms with Crippen molar-refractivity contribution in [3.05, 3.63) is 35.9 Å². The van der Waals surface area contributed by atoms with Gasteiger partial charge in [0.25, 0.3) is 0 Å². The molecule has 1 unspecified atom stereocenters. The molecular formula is C9H13NO2S. The van der Waals surface area contributed by atoms with Crippen LogP contribution in [0.2, 0.25) is 0 Å². The van der Waals surface area contributed by atoms with Crippen molar-refractivity contribution < 1.29 is 8.42 Å². The van der Waals surface area contributed by atoms with E-state index in [1.165, 1.54) is 0 Å². The summed E-state index contributed by atoms with van der Waals surface area (Å²) < 4.78 is 22.0. The lowest BCUT2D eigenvalue weighted by molar-refractivity contribution is 0.585. The third-order valence-electron chi connectivity index (χ3n) is 1.83. The third kappa shape index (κ3) is 3.16. The number of benzene rings is 1. The molecule has 0 aliphatic carbocycles. The van der Waals surface area contributed by atoms with Crippen LogP contribution < -0.4 is 5.73 Å². The van der Waals surface area contributed by atoms with Crippen LogP contribution in [0.1, 0.15) is 5.56 Å². The zero-order valence-corrected chi connectivity index (χ0v) is 8.29. The summed E-state index contributed by atoms with van der Waals surface area (Å²) >= 11 is 0. The van der Waals surface area contributed by atoms with Crippen molar-refractivity contribution in [1.82, 2.24) is 0 Å². The van der Waals surface area contributed by atoms with Gasteiger partial charge in [-0.05, 0) is 5.56 Å². The molecule has 0 spiro atoms. The summed E-state index contributed by atoms with van der Waals surface area (Å²) in [6.07, 6.45) is 1.53. The van der Waals surface area contributed by atoms with Crippen molar-refractivity contribution in [2.24, 2.45) is 5.73 Å². The van der Waals surface area contributed by atoms with E-state index >= 15 is 0 Å². The molecule has 2 N–H and O–H groups in total. The second-order valence-electron chi connectivity index (χ2n) is 3.06. The van der Waals surface area contributed by atoms with E-state index in [0.717, 1.165) is 11.8 Å². The van der Waals surface area contributed by atoms with Gasteiger partial charge in [-0.2, -0.15) is 0 Å². The highest BCUT2D eigenvalue weighted by atomic mass is 32.2. The van der Waals surface area contributed by atoms with Gasteiger partial charge in [-0.3, -0.25) is 0 Å². The van der Waals surface area contributed by atoms with Crippen LogP contribution in [-0.2, 0) is 16.3 Å². The van der Waals surface area contributed by atoms with Gasteiger partial charge in [0.2, 0.25) is 0 Å². The van der Waals surface area contributed by atoms with Gasteiger partial charge in [-0.15, -0.1) is 0 Å². The number of rotatable bonds is 3. The first-order valence-electron chi connectivity index (χ1n) is 3.98. The van der Waals surface area contributed by atoms with E-state index in [2.05, 4.69) is 0 Å². The number of nitrogens with two attached hydrogens (primary N) is 1. The maximum Gasteiger partial charge on any atom is 0.163 e. The van der Waals surface area contributed by atoms with Gasteiger partial charge in [0, 0.05) is 12.7 Å². The Morgan fingerprint density at radius 2 is 1.85 bits per heavy atom. The molecule has 0 saturated heterocycles. The van der Waals surface area contributed by atoms with E-state index in [1.54, 1.807) is 0 Å². The summed E-state index contributed by atoms with van der Waals surface area (Å²) in [6, 6.07) is 9.35. The summed E-state index contributed by atoms with van der Waals surface area (Å²) in [5.74, 6) is 0. The van der Waals surface area contributed by atoms with Crippen molar-refractivity contribution >= 4 is 9.84 Å². The zero-order valence-electron chi connectivity index (χ0n) is 7.47. The van der Waals surface area contributed by atoms with Crippen LogP contribution >= 0.6 is 0 Å². The Labute approximate surface area is 78.5 Å². The molecule has 4 heteroatoms. The minimum atomic E-state index is -3.12. The highest BCUT2D eigenvalue weighted by Crippen LogP contribution is 2.04. The monoisotopic (exact) mass is 199 g/mol. The molecule has 0 bridgehead atoms. The average Bonchev–Trinajstić information content (AvgIpc) is 2.04. The minimum Gasteiger partial charge on any atom is -0.315 e. The SMILES string of the molecule is CS(=O)(=O)C(N)Cc1ccccc1. The molecule has 0 aromatic heterocycles. The van der Waals surface area contributed by atoms with Gasteiger partial charge in [0.1, 0.15) is 5.37 Å². The van der Waals surface area contributed by atoms with E-state index < -0.39 is 15.2 Å². The lowest BCUT2D eigenvalue weighted by atomic mass is 10.2. The Kier molecular flexibility index (Phi) is 3.06. The molecule has 0 amide bonds. The highest BCUT2D eigenvalue weighted by Gasteiger charge is 2.15. The van der Waals surface area contributed by atoms with Crippen molar-refractivity contribution in [2.45, 2.75) is 11.8 Å². The van der Waals surface area contributed by atoms with Gasteiger partial charge in [0.05, 0.1) is 0 Å². The minimum absolute atomic E-state index is 0.375. The third-order valence-corrected chi connectivity index (χ3v) is 3.10. The fraction of sp³-hybridized carbons (Fsp3) is 0.333. The molecule has 1 rings (SSSR count). The predicted octanol–water partition coefficient (Wildman–Crippen LogP) is 0.558. The van der Waals surface area contributed by atoms with Crippen LogP contribution in [0.5, 0.6) is 0 Å². The summed E-state index contributed by atoms with van der Waals surface area (Å²) in [5.41, 5.74) is 6.44. The first kappa shape index (κ1) is 10.2. The van der Waals surface area contributed by atoms with E-state index in [0.29, 0.717) is 6.42 Å². The molecule has 3 nitrogen and oxygen atoms in total. The Balaban J connectivity index is 2.72. The Morgan fingerprint density at radius 1 is 1.31 bits per heavy atom. The lowest BCUT2D eigenvalue weighted by Crippen LogP contribution is -2.31. The molecule has 0 aliphatic rings. The topological polar surface area (TPSA) is 60.2 Å². The van der Waals surface area contributed by atoms with E-state index in [4.69, 9.17) is 5.73 Å². The van der Waals surface area contributed by atoms with Crippen LogP contribution in [0.15, 0.2) is 30.3 Å². The summed E-state index contributed by atoms with van der Waals surface area (Å²) in [6.45, 7) is 0. The number of hydrogen-bond donors (Lipinski definition) is 1. The molecule has 0 aliphatic heterocycles. The summed E-state index contributed by atoms with van der Waals surface area (Å²) in [7, 11) is -3.12. The normalized spacial score (nSPS) is 14.0. The first-order valence-corrected chi connectivity index (χ1v) is 5.94. The van der Waals surface area contributed by atoms with E-state index in [-0.39, 0.29) is 0 Å². The lowest BCUT2D eigenvalue weighted by Gasteiger charge is -2.08. The second-order valence-corrected chi connectivity index (χ2v) is 5.32. The predicted molar refractivity (Wildman–Crippen MR) is 53.0 cm³/mol. The fourth-order valence-electron chi connectivity index (χ4n) is 0.998. The maximum atomic E-state index is 11.0. The van der Waals surface area contributed by atoms with Crippen LogP contribution in [0.25, 0.3) is 0 Å². The van der Waals surface area contributed by atoms with Gasteiger partial charge in [0.15, 0.2) is 9.84 Å². The smallest absolute Gasteiger partial charge is 0.163 e. The molecule has 72 valence electrons. The molecule has 1 aromatic rings. The van der Waals surface area contributed by atoms with Gasteiger partial charge in [-0.1, -0.05) is 30.3 Å². The summed E-state index contributed by atoms with van der Waals surface area (Å²) in [4.78, 5) is 0. The molecule has 0 fully saturated rings. The van der Waals surface area contributed by atoms with Crippen molar-refractivity contribution in [3.63, 3.8) is 0 Å². The molecule has 0 saturated carbocycles. The van der Waals surface area contributed by atoms with Crippen LogP contribution in [-0.4, -0.2) is 20.0 Å². The molecule has 1 aromatic carbocycles. The Bertz CT molecular complexity index is 358. The average molecular weight is 199 g/mol. The van der Waals surface area contributed by atoms with Gasteiger partial charge in [-0.25, -0.2) is 8.42 Å². The van der Waals surface area contributed by atoms with Gasteiger partial charge < -0.3 is 5.73 Å². The fourth-order valence-corrected chi connectivity index (χ4v) is 1.49. The number of sulfone groups is 1. The standard InChI is InChI=1S/C9H13NO2S/c1-13(11,12)9(10)7-8-5-3-2-4-6-8/h2-6,9H,7,10H2,1H3. The molecule has 1 atom stereocenters. The summed E-state index contributed by atoms with van der Waals surface area (Å²) in [5, 5.41) is -0.796.